The lowest BCUT2D eigenvalue weighted by Gasteiger charge is -2.19. The summed E-state index contributed by atoms with van der Waals surface area (Å²) < 4.78 is 0. The normalized spacial score (nSPS) is 11.9. The Labute approximate surface area is 117 Å². The first kappa shape index (κ1) is 18.6. The molecule has 0 saturated heterocycles. The number of hydrogen-bond acceptors (Lipinski definition) is 9. The summed E-state index contributed by atoms with van der Waals surface area (Å²) in [4.78, 5) is 38.9. The Kier molecular flexibility index (Phi) is 6.03. The van der Waals surface area contributed by atoms with Crippen molar-refractivity contribution in [2.45, 2.75) is 38.0 Å². The SMILES string of the molecule is CCC(CNCC(CC)([N+](=O)[O-])[N+](=O)[O-])([N+](=O)[O-])[N+](=O)[O-]. The Morgan fingerprint density at radius 1 is 0.714 bits per heavy atom. The van der Waals surface area contributed by atoms with Crippen molar-refractivity contribution in [3.8, 4) is 0 Å². The molecule has 0 aliphatic rings. The topological polar surface area (TPSA) is 185 Å². The van der Waals surface area contributed by atoms with E-state index < -0.39 is 57.0 Å². The fraction of sp³-hybridized carbons (Fsp3) is 1.00. The summed E-state index contributed by atoms with van der Waals surface area (Å²) in [5.74, 6) is 0. The summed E-state index contributed by atoms with van der Waals surface area (Å²) in [7, 11) is 0. The average Bonchev–Trinajstić information content (AvgIpc) is 2.37. The van der Waals surface area contributed by atoms with E-state index in [4.69, 9.17) is 0 Å². The predicted octanol–water partition coefficient (Wildman–Crippen LogP) is -0.105. The maximum absolute atomic E-state index is 10.8. The number of nitro groups is 4. The Morgan fingerprint density at radius 2 is 0.952 bits per heavy atom. The second kappa shape index (κ2) is 6.83. The van der Waals surface area contributed by atoms with Gasteiger partial charge in [-0.15, -0.1) is 0 Å². The fourth-order valence-electron chi connectivity index (χ4n) is 1.62. The zero-order valence-electron chi connectivity index (χ0n) is 11.4. The standard InChI is InChI=1S/C8H15N5O8/c1-3-7(10(14)15,11(16)17)5-9-6-8(4-2,12(18)19)13(20)21/h9H,3-6H2,1-2H3. The Bertz CT molecular complexity index is 384. The first-order chi connectivity index (χ1) is 9.60. The number of hydrogen-bond donors (Lipinski definition) is 1. The van der Waals surface area contributed by atoms with E-state index >= 15 is 0 Å². The molecule has 21 heavy (non-hydrogen) atoms. The van der Waals surface area contributed by atoms with Gasteiger partial charge in [0.25, 0.3) is 0 Å². The molecule has 0 aromatic rings. The smallest absolute Gasteiger partial charge is 0.291 e. The van der Waals surface area contributed by atoms with Gasteiger partial charge in [0.1, 0.15) is 13.1 Å². The van der Waals surface area contributed by atoms with Gasteiger partial charge in [-0.3, -0.25) is 45.8 Å². The van der Waals surface area contributed by atoms with Gasteiger partial charge < -0.3 is 0 Å². The van der Waals surface area contributed by atoms with Gasteiger partial charge in [0.05, 0.1) is 32.5 Å². The van der Waals surface area contributed by atoms with E-state index in [9.17, 15) is 40.5 Å². The highest BCUT2D eigenvalue weighted by Gasteiger charge is 2.57. The summed E-state index contributed by atoms with van der Waals surface area (Å²) in [6.07, 6.45) is -0.952. The Morgan fingerprint density at radius 3 is 1.10 bits per heavy atom. The summed E-state index contributed by atoms with van der Waals surface area (Å²) in [6, 6.07) is 0. The minimum Gasteiger partial charge on any atom is -0.291 e. The van der Waals surface area contributed by atoms with E-state index in [2.05, 4.69) is 5.32 Å². The Hall–Kier alpha value is -2.44. The van der Waals surface area contributed by atoms with Crippen molar-refractivity contribution in [3.05, 3.63) is 40.5 Å². The van der Waals surface area contributed by atoms with Crippen LogP contribution < -0.4 is 5.32 Å². The number of rotatable bonds is 10. The lowest BCUT2D eigenvalue weighted by Crippen LogP contribution is -2.58. The third kappa shape index (κ3) is 3.36. The molecular weight excluding hydrogens is 294 g/mol. The molecule has 0 aromatic carbocycles. The average molecular weight is 309 g/mol. The van der Waals surface area contributed by atoms with Crippen molar-refractivity contribution >= 4 is 0 Å². The molecule has 0 heterocycles. The molecule has 0 aromatic heterocycles. The van der Waals surface area contributed by atoms with Crippen LogP contribution in [0.4, 0.5) is 0 Å². The molecule has 0 spiro atoms. The van der Waals surface area contributed by atoms with E-state index in [1.54, 1.807) is 0 Å². The second-order valence-electron chi connectivity index (χ2n) is 4.30. The van der Waals surface area contributed by atoms with Crippen molar-refractivity contribution in [1.29, 1.82) is 0 Å². The van der Waals surface area contributed by atoms with Gasteiger partial charge in [-0.25, -0.2) is 0 Å². The third-order valence-corrected chi connectivity index (χ3v) is 3.31. The summed E-state index contributed by atoms with van der Waals surface area (Å²) in [5.41, 5.74) is -5.15. The lowest BCUT2D eigenvalue weighted by molar-refractivity contribution is -0.800. The van der Waals surface area contributed by atoms with E-state index in [1.807, 2.05) is 0 Å². The molecule has 0 bridgehead atoms. The van der Waals surface area contributed by atoms with Crippen LogP contribution in [0.1, 0.15) is 26.7 Å². The van der Waals surface area contributed by atoms with Crippen LogP contribution >= 0.6 is 0 Å². The highest BCUT2D eigenvalue weighted by atomic mass is 16.7. The summed E-state index contributed by atoms with van der Waals surface area (Å²) in [6.45, 7) is 0.711. The lowest BCUT2D eigenvalue weighted by atomic mass is 10.1. The quantitative estimate of drug-likeness (QED) is 0.326. The zero-order valence-corrected chi connectivity index (χ0v) is 11.4. The summed E-state index contributed by atoms with van der Waals surface area (Å²) in [5, 5.41) is 45.5. The molecule has 0 aliphatic heterocycles. The van der Waals surface area contributed by atoms with Gasteiger partial charge in [0.2, 0.25) is 0 Å². The van der Waals surface area contributed by atoms with Gasteiger partial charge in [0, 0.05) is 0 Å². The maximum Gasteiger partial charge on any atom is 0.470 e. The van der Waals surface area contributed by atoms with E-state index in [1.165, 1.54) is 13.8 Å². The van der Waals surface area contributed by atoms with Crippen LogP contribution in [0.25, 0.3) is 0 Å². The molecule has 0 amide bonds. The maximum atomic E-state index is 10.8. The van der Waals surface area contributed by atoms with Gasteiger partial charge >= 0.3 is 11.3 Å². The zero-order chi connectivity index (χ0) is 16.8. The van der Waals surface area contributed by atoms with Crippen molar-refractivity contribution < 1.29 is 19.7 Å². The molecule has 1 N–H and O–H groups in total. The molecule has 0 aliphatic carbocycles. The molecule has 13 heteroatoms. The van der Waals surface area contributed by atoms with Crippen LogP contribution in [0.3, 0.4) is 0 Å². The molecule has 0 unspecified atom stereocenters. The van der Waals surface area contributed by atoms with Crippen LogP contribution in [0.15, 0.2) is 0 Å². The molecule has 0 rings (SSSR count). The van der Waals surface area contributed by atoms with Gasteiger partial charge in [-0.05, 0) is 0 Å². The largest absolute Gasteiger partial charge is 0.470 e. The van der Waals surface area contributed by atoms with Crippen molar-refractivity contribution in [2.24, 2.45) is 0 Å². The van der Waals surface area contributed by atoms with Crippen LogP contribution in [0, 0.1) is 40.5 Å². The molecule has 0 fully saturated rings. The molecule has 0 saturated carbocycles. The van der Waals surface area contributed by atoms with Crippen molar-refractivity contribution in [2.75, 3.05) is 13.1 Å². The monoisotopic (exact) mass is 309 g/mol. The first-order valence-electron chi connectivity index (χ1n) is 5.89. The number of nitrogens with one attached hydrogen (secondary N) is 1. The minimum absolute atomic E-state index is 0.476. The van der Waals surface area contributed by atoms with E-state index in [0.29, 0.717) is 0 Å². The first-order valence-corrected chi connectivity index (χ1v) is 5.89. The fourth-order valence-corrected chi connectivity index (χ4v) is 1.62. The highest BCUT2D eigenvalue weighted by molar-refractivity contribution is 4.74. The molecule has 13 nitrogen and oxygen atoms in total. The second-order valence-corrected chi connectivity index (χ2v) is 4.30. The van der Waals surface area contributed by atoms with Gasteiger partial charge in [-0.1, -0.05) is 13.8 Å². The molecular formula is C8H15N5O8. The summed E-state index contributed by atoms with van der Waals surface area (Å²) >= 11 is 0. The Balaban J connectivity index is 5.15. The third-order valence-electron chi connectivity index (χ3n) is 3.31. The van der Waals surface area contributed by atoms with Crippen molar-refractivity contribution in [1.82, 2.24) is 5.32 Å². The van der Waals surface area contributed by atoms with Crippen molar-refractivity contribution in [3.63, 3.8) is 0 Å². The molecule has 0 atom stereocenters. The minimum atomic E-state index is -2.58. The van der Waals surface area contributed by atoms with E-state index in [0.717, 1.165) is 0 Å². The van der Waals surface area contributed by atoms with E-state index in [-0.39, 0.29) is 0 Å². The molecule has 120 valence electrons. The van der Waals surface area contributed by atoms with Crippen LogP contribution in [0.2, 0.25) is 0 Å². The number of nitrogens with zero attached hydrogens (tertiary/aromatic N) is 4. The van der Waals surface area contributed by atoms with Gasteiger partial charge in [-0.2, -0.15) is 0 Å². The molecule has 0 radical (unpaired) electrons. The van der Waals surface area contributed by atoms with Crippen LogP contribution in [-0.4, -0.2) is 44.1 Å². The van der Waals surface area contributed by atoms with Gasteiger partial charge in [0.15, 0.2) is 0 Å². The van der Waals surface area contributed by atoms with Crippen LogP contribution in [-0.2, 0) is 0 Å². The highest BCUT2D eigenvalue weighted by Crippen LogP contribution is 2.18. The predicted molar refractivity (Wildman–Crippen MR) is 66.9 cm³/mol. The van der Waals surface area contributed by atoms with Crippen LogP contribution in [0.5, 0.6) is 0 Å².